The molecule has 0 bridgehead atoms. The van der Waals surface area contributed by atoms with Crippen LogP contribution in [0.15, 0.2) is 18.2 Å². The third kappa shape index (κ3) is 2.14. The van der Waals surface area contributed by atoms with E-state index in [4.69, 9.17) is 27.9 Å². The van der Waals surface area contributed by atoms with Crippen LogP contribution >= 0.6 is 23.2 Å². The van der Waals surface area contributed by atoms with Gasteiger partial charge in [-0.2, -0.15) is 0 Å². The second-order valence-electron chi connectivity index (χ2n) is 3.39. The van der Waals surface area contributed by atoms with E-state index in [1.807, 2.05) is 12.1 Å². The van der Waals surface area contributed by atoms with Crippen molar-refractivity contribution in [2.45, 2.75) is 0 Å². The molecule has 0 aromatic heterocycles. The average molecular weight is 232 g/mol. The lowest BCUT2D eigenvalue weighted by atomic mass is 10.1. The molecule has 1 fully saturated rings. The zero-order valence-corrected chi connectivity index (χ0v) is 9.11. The summed E-state index contributed by atoms with van der Waals surface area (Å²) in [6.45, 7) is 2.75. The normalized spacial score (nSPS) is 16.4. The van der Waals surface area contributed by atoms with Crippen molar-refractivity contribution < 1.29 is 4.74 Å². The van der Waals surface area contributed by atoms with Crippen LogP contribution in [0.3, 0.4) is 0 Å². The second kappa shape index (κ2) is 4.39. The van der Waals surface area contributed by atoms with Crippen LogP contribution in [-0.4, -0.2) is 19.7 Å². The molecule has 2 nitrogen and oxygen atoms in total. The molecule has 0 aliphatic carbocycles. The van der Waals surface area contributed by atoms with Crippen molar-refractivity contribution in [1.29, 1.82) is 0 Å². The smallest absolute Gasteiger partial charge is 0.139 e. The summed E-state index contributed by atoms with van der Waals surface area (Å²) >= 11 is 11.8. The first-order valence-corrected chi connectivity index (χ1v) is 5.30. The molecule has 0 spiro atoms. The van der Waals surface area contributed by atoms with Crippen LogP contribution in [-0.2, 0) is 0 Å². The van der Waals surface area contributed by atoms with E-state index in [2.05, 4.69) is 5.32 Å². The molecule has 2 rings (SSSR count). The van der Waals surface area contributed by atoms with Gasteiger partial charge in [0, 0.05) is 19.0 Å². The predicted octanol–water partition coefficient (Wildman–Crippen LogP) is 2.59. The van der Waals surface area contributed by atoms with Crippen molar-refractivity contribution in [3.63, 3.8) is 0 Å². The summed E-state index contributed by atoms with van der Waals surface area (Å²) in [7, 11) is 0. The molecular weight excluding hydrogens is 221 g/mol. The molecule has 1 saturated heterocycles. The SMILES string of the molecule is Clc1cccc(OCC2CNC2)c1Cl. The van der Waals surface area contributed by atoms with Gasteiger partial charge in [-0.3, -0.25) is 0 Å². The molecule has 0 radical (unpaired) electrons. The van der Waals surface area contributed by atoms with Crippen LogP contribution in [0.25, 0.3) is 0 Å². The van der Waals surface area contributed by atoms with E-state index in [0.717, 1.165) is 13.1 Å². The maximum atomic E-state index is 5.97. The number of benzene rings is 1. The molecule has 1 N–H and O–H groups in total. The van der Waals surface area contributed by atoms with Gasteiger partial charge in [0.2, 0.25) is 0 Å². The molecule has 0 atom stereocenters. The van der Waals surface area contributed by atoms with E-state index in [0.29, 0.717) is 28.3 Å². The lowest BCUT2D eigenvalue weighted by Gasteiger charge is -2.27. The number of nitrogens with one attached hydrogen (secondary N) is 1. The van der Waals surface area contributed by atoms with E-state index >= 15 is 0 Å². The van der Waals surface area contributed by atoms with Gasteiger partial charge in [-0.25, -0.2) is 0 Å². The number of hydrogen-bond acceptors (Lipinski definition) is 2. The Morgan fingerprint density at radius 3 is 2.79 bits per heavy atom. The first kappa shape index (κ1) is 10.1. The Balaban J connectivity index is 1.97. The Morgan fingerprint density at radius 2 is 2.14 bits per heavy atom. The summed E-state index contributed by atoms with van der Waals surface area (Å²) in [4.78, 5) is 0. The first-order chi connectivity index (χ1) is 6.77. The lowest BCUT2D eigenvalue weighted by molar-refractivity contribution is 0.199. The summed E-state index contributed by atoms with van der Waals surface area (Å²) in [5.41, 5.74) is 0. The number of hydrogen-bond donors (Lipinski definition) is 1. The summed E-state index contributed by atoms with van der Waals surface area (Å²) in [5.74, 6) is 1.27. The predicted molar refractivity (Wildman–Crippen MR) is 58.3 cm³/mol. The Kier molecular flexibility index (Phi) is 3.16. The van der Waals surface area contributed by atoms with Gasteiger partial charge in [-0.15, -0.1) is 0 Å². The second-order valence-corrected chi connectivity index (χ2v) is 4.17. The van der Waals surface area contributed by atoms with E-state index < -0.39 is 0 Å². The van der Waals surface area contributed by atoms with Gasteiger partial charge in [-0.05, 0) is 12.1 Å². The molecule has 1 aromatic rings. The van der Waals surface area contributed by atoms with Crippen LogP contribution in [0.5, 0.6) is 5.75 Å². The summed E-state index contributed by atoms with van der Waals surface area (Å²) < 4.78 is 5.57. The van der Waals surface area contributed by atoms with Gasteiger partial charge in [0.15, 0.2) is 0 Å². The highest BCUT2D eigenvalue weighted by Gasteiger charge is 2.17. The number of rotatable bonds is 3. The standard InChI is InChI=1S/C10H11Cl2NO/c11-8-2-1-3-9(10(8)12)14-6-7-4-13-5-7/h1-3,7,13H,4-6H2. The largest absolute Gasteiger partial charge is 0.492 e. The molecule has 0 amide bonds. The maximum Gasteiger partial charge on any atom is 0.139 e. The monoisotopic (exact) mass is 231 g/mol. The maximum absolute atomic E-state index is 5.97. The summed E-state index contributed by atoms with van der Waals surface area (Å²) in [5, 5.41) is 4.22. The van der Waals surface area contributed by atoms with Gasteiger partial charge in [-0.1, -0.05) is 29.3 Å². The summed E-state index contributed by atoms with van der Waals surface area (Å²) in [6, 6.07) is 5.42. The van der Waals surface area contributed by atoms with Crippen molar-refractivity contribution in [3.8, 4) is 5.75 Å². The number of halogens is 2. The highest BCUT2D eigenvalue weighted by molar-refractivity contribution is 6.42. The fourth-order valence-corrected chi connectivity index (χ4v) is 1.62. The molecule has 1 aromatic carbocycles. The molecule has 1 aliphatic heterocycles. The van der Waals surface area contributed by atoms with Crippen molar-refractivity contribution in [2.24, 2.45) is 5.92 Å². The third-order valence-electron chi connectivity index (χ3n) is 2.26. The van der Waals surface area contributed by atoms with Crippen molar-refractivity contribution >= 4 is 23.2 Å². The minimum Gasteiger partial charge on any atom is -0.492 e. The van der Waals surface area contributed by atoms with Crippen LogP contribution in [0.2, 0.25) is 10.0 Å². The molecule has 76 valence electrons. The fraction of sp³-hybridized carbons (Fsp3) is 0.400. The highest BCUT2D eigenvalue weighted by Crippen LogP contribution is 2.31. The molecule has 0 saturated carbocycles. The highest BCUT2D eigenvalue weighted by atomic mass is 35.5. The van der Waals surface area contributed by atoms with Gasteiger partial charge in [0.25, 0.3) is 0 Å². The molecule has 0 unspecified atom stereocenters. The van der Waals surface area contributed by atoms with Crippen molar-refractivity contribution in [2.75, 3.05) is 19.7 Å². The zero-order valence-electron chi connectivity index (χ0n) is 7.59. The van der Waals surface area contributed by atoms with Crippen molar-refractivity contribution in [3.05, 3.63) is 28.2 Å². The van der Waals surface area contributed by atoms with E-state index in [-0.39, 0.29) is 0 Å². The van der Waals surface area contributed by atoms with Gasteiger partial charge >= 0.3 is 0 Å². The summed E-state index contributed by atoms with van der Waals surface area (Å²) in [6.07, 6.45) is 0. The van der Waals surface area contributed by atoms with E-state index in [9.17, 15) is 0 Å². The lowest BCUT2D eigenvalue weighted by Crippen LogP contribution is -2.45. The van der Waals surface area contributed by atoms with E-state index in [1.54, 1.807) is 6.07 Å². The van der Waals surface area contributed by atoms with Crippen LogP contribution in [0, 0.1) is 5.92 Å². The molecule has 1 heterocycles. The Labute approximate surface area is 93.2 Å². The van der Waals surface area contributed by atoms with Gasteiger partial charge < -0.3 is 10.1 Å². The minimum absolute atomic E-state index is 0.501. The van der Waals surface area contributed by atoms with Gasteiger partial charge in [0.05, 0.1) is 11.6 Å². The average Bonchev–Trinajstić information content (AvgIpc) is 2.09. The Hall–Kier alpha value is -0.440. The van der Waals surface area contributed by atoms with Crippen LogP contribution in [0.4, 0.5) is 0 Å². The molecular formula is C10H11Cl2NO. The Morgan fingerprint density at radius 1 is 1.36 bits per heavy atom. The fourth-order valence-electron chi connectivity index (χ4n) is 1.27. The molecule has 14 heavy (non-hydrogen) atoms. The molecule has 4 heteroatoms. The quantitative estimate of drug-likeness (QED) is 0.864. The minimum atomic E-state index is 0.501. The third-order valence-corrected chi connectivity index (χ3v) is 3.06. The van der Waals surface area contributed by atoms with Crippen LogP contribution < -0.4 is 10.1 Å². The zero-order chi connectivity index (χ0) is 9.97. The topological polar surface area (TPSA) is 21.3 Å². The van der Waals surface area contributed by atoms with Crippen molar-refractivity contribution in [1.82, 2.24) is 5.32 Å². The van der Waals surface area contributed by atoms with Gasteiger partial charge in [0.1, 0.15) is 10.8 Å². The first-order valence-electron chi connectivity index (χ1n) is 4.55. The molecule has 1 aliphatic rings. The van der Waals surface area contributed by atoms with E-state index in [1.165, 1.54) is 0 Å². The Bertz CT molecular complexity index is 326. The number of ether oxygens (including phenoxy) is 1. The van der Waals surface area contributed by atoms with Crippen LogP contribution in [0.1, 0.15) is 0 Å².